The maximum absolute atomic E-state index is 13.6. The number of halogens is 1. The third-order valence-corrected chi connectivity index (χ3v) is 8.78. The first-order valence-electron chi connectivity index (χ1n) is 17.3. The van der Waals surface area contributed by atoms with E-state index in [1.165, 1.54) is 12.1 Å². The van der Waals surface area contributed by atoms with Crippen molar-refractivity contribution in [3.63, 3.8) is 0 Å². The Kier molecular flexibility index (Phi) is 17.3. The maximum Gasteiger partial charge on any atom is 0.243 e. The average Bonchev–Trinajstić information content (AvgIpc) is 3.13. The topological polar surface area (TPSA) is 168 Å². The Morgan fingerprint density at radius 3 is 2.45 bits per heavy atom. The van der Waals surface area contributed by atoms with E-state index in [2.05, 4.69) is 25.6 Å². The van der Waals surface area contributed by atoms with Gasteiger partial charge in [0, 0.05) is 61.0 Å². The van der Waals surface area contributed by atoms with Gasteiger partial charge in [0.1, 0.15) is 17.6 Å². The van der Waals surface area contributed by atoms with Crippen molar-refractivity contribution in [2.24, 2.45) is 22.9 Å². The molecule has 3 aromatic rings. The number of nitrogens with zero attached hydrogens (tertiary/aromatic N) is 4. The lowest BCUT2D eigenvalue weighted by Crippen LogP contribution is -2.52. The first-order valence-corrected chi connectivity index (χ1v) is 17.3. The normalized spacial score (nSPS) is 14.1. The number of methoxy groups -OCH3 is 1. The summed E-state index contributed by atoms with van der Waals surface area (Å²) in [6, 6.07) is 13.6. The molecule has 0 spiro atoms. The molecule has 3 rings (SSSR count). The molecule has 12 nitrogen and oxygen atoms in total. The molecule has 3 N–H and O–H groups in total. The van der Waals surface area contributed by atoms with Crippen molar-refractivity contribution in [3.8, 4) is 16.9 Å². The monoisotopic (exact) mass is 706 g/mol. The van der Waals surface area contributed by atoms with Gasteiger partial charge in [0.15, 0.2) is 0 Å². The molecule has 2 amide bonds. The van der Waals surface area contributed by atoms with Gasteiger partial charge in [-0.2, -0.15) is 0 Å². The van der Waals surface area contributed by atoms with Gasteiger partial charge in [-0.3, -0.25) is 14.6 Å². The van der Waals surface area contributed by atoms with Crippen LogP contribution in [-0.4, -0.2) is 67.0 Å². The molecule has 2 aromatic carbocycles. The highest BCUT2D eigenvalue weighted by atomic mass is 19.1. The van der Waals surface area contributed by atoms with Gasteiger partial charge in [-0.15, -0.1) is 0 Å². The largest absolute Gasteiger partial charge is 0.493 e. The fourth-order valence-electron chi connectivity index (χ4n) is 5.47. The maximum atomic E-state index is 13.6. The lowest BCUT2D eigenvalue weighted by molar-refractivity contribution is -0.134. The van der Waals surface area contributed by atoms with E-state index < -0.39 is 30.0 Å². The van der Waals surface area contributed by atoms with E-state index in [4.69, 9.17) is 14.2 Å². The molecule has 0 saturated heterocycles. The van der Waals surface area contributed by atoms with Crippen LogP contribution in [0.25, 0.3) is 21.6 Å². The molecule has 0 aliphatic rings. The molecular weight excluding hydrogens is 655 g/mol. The van der Waals surface area contributed by atoms with E-state index in [0.29, 0.717) is 31.8 Å². The summed E-state index contributed by atoms with van der Waals surface area (Å²) in [4.78, 5) is 34.0. The zero-order chi connectivity index (χ0) is 37.2. The first kappa shape index (κ1) is 40.9. The van der Waals surface area contributed by atoms with Crippen molar-refractivity contribution < 1.29 is 33.3 Å². The molecule has 0 aliphatic heterocycles. The van der Waals surface area contributed by atoms with Crippen molar-refractivity contribution in [1.82, 2.24) is 15.6 Å². The van der Waals surface area contributed by atoms with Gasteiger partial charge in [-0.1, -0.05) is 69.6 Å². The van der Waals surface area contributed by atoms with Gasteiger partial charge in [-0.05, 0) is 59.2 Å². The molecular formula is C38H51FN6O6. The number of carbonyl (C=O) groups is 2. The quantitative estimate of drug-likeness (QED) is 0.0472. The smallest absolute Gasteiger partial charge is 0.243 e. The summed E-state index contributed by atoms with van der Waals surface area (Å²) in [6.45, 7) is 8.78. The summed E-state index contributed by atoms with van der Waals surface area (Å²) >= 11 is 0. The van der Waals surface area contributed by atoms with Crippen LogP contribution in [0.3, 0.4) is 0 Å². The molecule has 0 unspecified atom stereocenters. The van der Waals surface area contributed by atoms with Crippen LogP contribution in [0.4, 0.5) is 4.39 Å². The lowest BCUT2D eigenvalue weighted by Gasteiger charge is -2.29. The van der Waals surface area contributed by atoms with Crippen molar-refractivity contribution >= 4 is 11.8 Å². The number of hydrogen-bond acceptors (Lipinski definition) is 8. The number of hydrogen-bond donors (Lipinski definition) is 3. The molecule has 1 heterocycles. The van der Waals surface area contributed by atoms with Crippen LogP contribution >= 0.6 is 0 Å². The number of benzene rings is 2. The summed E-state index contributed by atoms with van der Waals surface area (Å²) in [5.41, 5.74) is 12.6. The molecule has 13 heteroatoms. The molecule has 0 radical (unpaired) electrons. The van der Waals surface area contributed by atoms with Crippen molar-refractivity contribution in [2.75, 3.05) is 26.9 Å². The highest BCUT2D eigenvalue weighted by Crippen LogP contribution is 2.31. The number of aliphatic hydroxyl groups is 1. The van der Waals surface area contributed by atoms with Crippen LogP contribution in [0, 0.1) is 23.6 Å². The number of amides is 2. The standard InChI is InChI=1S/C38H51FN6O6/c1-6-26(4)36(38(48)42-21-27-10-13-30(39)14-11-27)43-37(47)32(25(2)3)20-34(46)33(44-45-40)24-50-23-28-12-15-31(29-9-7-16-41-22-29)35(19-28)51-18-8-17-49-5/h7,9-16,19,22,25-26,32-34,36,46H,6,8,17-18,20-21,23-24H2,1-5H3,(H,42,48)(H,43,47)/t26-,32-,33-,34-,36-/m0/s1. The lowest BCUT2D eigenvalue weighted by atomic mass is 9.86. The predicted molar refractivity (Wildman–Crippen MR) is 193 cm³/mol. The van der Waals surface area contributed by atoms with Gasteiger partial charge < -0.3 is 30.0 Å². The van der Waals surface area contributed by atoms with Gasteiger partial charge in [0.2, 0.25) is 11.8 Å². The summed E-state index contributed by atoms with van der Waals surface area (Å²) in [6.07, 6.45) is 3.61. The van der Waals surface area contributed by atoms with Gasteiger partial charge in [0.05, 0.1) is 32.0 Å². The molecule has 0 saturated carbocycles. The summed E-state index contributed by atoms with van der Waals surface area (Å²) in [5.74, 6) is -1.53. The summed E-state index contributed by atoms with van der Waals surface area (Å²) < 4.78 is 30.4. The van der Waals surface area contributed by atoms with Crippen molar-refractivity contribution in [2.45, 2.75) is 78.3 Å². The van der Waals surface area contributed by atoms with E-state index in [-0.39, 0.29) is 49.7 Å². The minimum Gasteiger partial charge on any atom is -0.493 e. The van der Waals surface area contributed by atoms with E-state index >= 15 is 0 Å². The Morgan fingerprint density at radius 2 is 1.80 bits per heavy atom. The molecule has 0 aliphatic carbocycles. The van der Waals surface area contributed by atoms with Crippen LogP contribution in [0.15, 0.2) is 72.1 Å². The number of pyridine rings is 1. The summed E-state index contributed by atoms with van der Waals surface area (Å²) in [5, 5.41) is 20.7. The van der Waals surface area contributed by atoms with Crippen LogP contribution in [0.5, 0.6) is 5.75 Å². The number of nitrogens with one attached hydrogen (secondary N) is 2. The van der Waals surface area contributed by atoms with E-state index in [1.807, 2.05) is 58.0 Å². The number of rotatable bonds is 22. The SMILES string of the molecule is CC[C@H](C)[C@H](NC(=O)[C@@H](C[C@H](O)[C@H](COCc1ccc(-c2cccnc2)c(OCCCOC)c1)N=[N+]=[N-])C(C)C)C(=O)NCc1ccc(F)cc1. The highest BCUT2D eigenvalue weighted by molar-refractivity contribution is 5.88. The zero-order valence-electron chi connectivity index (χ0n) is 30.1. The number of ether oxygens (including phenoxy) is 3. The third kappa shape index (κ3) is 13.3. The fraction of sp³-hybridized carbons (Fsp3) is 0.500. The van der Waals surface area contributed by atoms with Gasteiger partial charge in [-0.25, -0.2) is 4.39 Å². The first-order chi connectivity index (χ1) is 24.6. The van der Waals surface area contributed by atoms with Gasteiger partial charge >= 0.3 is 0 Å². The van der Waals surface area contributed by atoms with Crippen LogP contribution in [0.1, 0.15) is 58.1 Å². The number of carbonyl (C=O) groups excluding carboxylic acids is 2. The molecule has 0 fully saturated rings. The highest BCUT2D eigenvalue weighted by Gasteiger charge is 2.33. The Hall–Kier alpha value is -4.55. The number of azide groups is 1. The second-order valence-corrected chi connectivity index (χ2v) is 12.9. The van der Waals surface area contributed by atoms with Crippen LogP contribution in [-0.2, 0) is 32.2 Å². The average molecular weight is 707 g/mol. The Labute approximate surface area is 299 Å². The second-order valence-electron chi connectivity index (χ2n) is 12.9. The van der Waals surface area contributed by atoms with Gasteiger partial charge in [0.25, 0.3) is 0 Å². The number of aromatic nitrogens is 1. The molecule has 5 atom stereocenters. The van der Waals surface area contributed by atoms with Crippen molar-refractivity contribution in [1.29, 1.82) is 0 Å². The Bertz CT molecular complexity index is 1550. The summed E-state index contributed by atoms with van der Waals surface area (Å²) in [7, 11) is 1.64. The van der Waals surface area contributed by atoms with Crippen LogP contribution < -0.4 is 15.4 Å². The molecule has 0 bridgehead atoms. The molecule has 1 aromatic heterocycles. The second kappa shape index (κ2) is 21.6. The number of aliphatic hydroxyl groups excluding tert-OH is 1. The van der Waals surface area contributed by atoms with E-state index in [1.54, 1.807) is 31.6 Å². The molecule has 51 heavy (non-hydrogen) atoms. The van der Waals surface area contributed by atoms with E-state index in [9.17, 15) is 24.6 Å². The Balaban J connectivity index is 1.65. The van der Waals surface area contributed by atoms with Crippen LogP contribution in [0.2, 0.25) is 0 Å². The molecule has 276 valence electrons. The fourth-order valence-corrected chi connectivity index (χ4v) is 5.47. The van der Waals surface area contributed by atoms with E-state index in [0.717, 1.165) is 22.3 Å². The minimum absolute atomic E-state index is 0.0136. The minimum atomic E-state index is -1.19. The third-order valence-electron chi connectivity index (χ3n) is 8.78. The van der Waals surface area contributed by atoms with Crippen molar-refractivity contribution in [3.05, 3.63) is 94.4 Å². The predicted octanol–water partition coefficient (Wildman–Crippen LogP) is 6.37. The zero-order valence-corrected chi connectivity index (χ0v) is 30.1. The Morgan fingerprint density at radius 1 is 1.06 bits per heavy atom.